The summed E-state index contributed by atoms with van der Waals surface area (Å²) in [6.07, 6.45) is 0. The Balaban J connectivity index is 2.25. The zero-order chi connectivity index (χ0) is 15.2. The maximum atomic E-state index is 5.60. The van der Waals surface area contributed by atoms with E-state index in [-0.39, 0.29) is 0 Å². The van der Waals surface area contributed by atoms with E-state index in [2.05, 4.69) is 34.4 Å². The van der Waals surface area contributed by atoms with Gasteiger partial charge in [-0.1, -0.05) is 12.1 Å². The molecular formula is C16H22N4O. The van der Waals surface area contributed by atoms with Gasteiger partial charge in [0.25, 0.3) is 0 Å². The van der Waals surface area contributed by atoms with Crippen LogP contribution in [0.5, 0.6) is 5.75 Å². The molecule has 112 valence electrons. The number of hydrogen-bond donors (Lipinski definition) is 2. The normalized spacial score (nSPS) is 10.5. The fourth-order valence-corrected chi connectivity index (χ4v) is 1.97. The zero-order valence-electron chi connectivity index (χ0n) is 13.0. The van der Waals surface area contributed by atoms with E-state index in [9.17, 15) is 0 Å². The molecule has 0 fully saturated rings. The Bertz CT molecular complexity index is 599. The van der Waals surface area contributed by atoms with Crippen LogP contribution in [0, 0.1) is 6.92 Å². The minimum absolute atomic E-state index is 0.322. The molecule has 5 nitrogen and oxygen atoms in total. The first-order valence-electron chi connectivity index (χ1n) is 7.19. The molecule has 0 aliphatic rings. The van der Waals surface area contributed by atoms with Crippen LogP contribution in [-0.2, 0) is 0 Å². The van der Waals surface area contributed by atoms with Crippen molar-refractivity contribution in [1.82, 2.24) is 9.97 Å². The SMILES string of the molecule is CCOc1ccccc1Nc1nc(C)cc(NC(C)C)n1. The number of para-hydroxylation sites is 2. The van der Waals surface area contributed by atoms with Gasteiger partial charge in [0.15, 0.2) is 0 Å². The molecule has 0 amide bonds. The number of rotatable bonds is 6. The molecule has 0 aliphatic heterocycles. The van der Waals surface area contributed by atoms with E-state index < -0.39 is 0 Å². The zero-order valence-corrected chi connectivity index (χ0v) is 13.0. The molecule has 2 aromatic rings. The highest BCUT2D eigenvalue weighted by Gasteiger charge is 2.07. The minimum atomic E-state index is 0.322. The van der Waals surface area contributed by atoms with Gasteiger partial charge in [-0.3, -0.25) is 0 Å². The van der Waals surface area contributed by atoms with Crippen LogP contribution >= 0.6 is 0 Å². The Hall–Kier alpha value is -2.30. The van der Waals surface area contributed by atoms with Crippen molar-refractivity contribution in [3.8, 4) is 5.75 Å². The van der Waals surface area contributed by atoms with E-state index in [1.165, 1.54) is 0 Å². The second-order valence-electron chi connectivity index (χ2n) is 5.07. The molecule has 5 heteroatoms. The Morgan fingerprint density at radius 3 is 2.67 bits per heavy atom. The van der Waals surface area contributed by atoms with Gasteiger partial charge in [0.1, 0.15) is 11.6 Å². The molecule has 1 heterocycles. The van der Waals surface area contributed by atoms with E-state index in [1.54, 1.807) is 0 Å². The van der Waals surface area contributed by atoms with Gasteiger partial charge >= 0.3 is 0 Å². The fourth-order valence-electron chi connectivity index (χ4n) is 1.97. The highest BCUT2D eigenvalue weighted by molar-refractivity contribution is 5.63. The maximum Gasteiger partial charge on any atom is 0.229 e. The first-order valence-corrected chi connectivity index (χ1v) is 7.19. The number of nitrogens with one attached hydrogen (secondary N) is 2. The van der Waals surface area contributed by atoms with Crippen molar-refractivity contribution < 1.29 is 4.74 Å². The summed E-state index contributed by atoms with van der Waals surface area (Å²) in [6, 6.07) is 10.0. The predicted molar refractivity (Wildman–Crippen MR) is 86.4 cm³/mol. The van der Waals surface area contributed by atoms with Gasteiger partial charge in [0.05, 0.1) is 12.3 Å². The van der Waals surface area contributed by atoms with Gasteiger partial charge in [-0.15, -0.1) is 0 Å². The predicted octanol–water partition coefficient (Wildman–Crippen LogP) is 3.75. The molecule has 0 aliphatic carbocycles. The van der Waals surface area contributed by atoms with Crippen LogP contribution in [0.1, 0.15) is 26.5 Å². The van der Waals surface area contributed by atoms with Gasteiger partial charge in [-0.2, -0.15) is 4.98 Å². The molecule has 2 N–H and O–H groups in total. The second-order valence-corrected chi connectivity index (χ2v) is 5.07. The average molecular weight is 286 g/mol. The first kappa shape index (κ1) is 15.1. The lowest BCUT2D eigenvalue weighted by Gasteiger charge is -2.14. The molecule has 0 radical (unpaired) electrons. The number of ether oxygens (including phenoxy) is 1. The van der Waals surface area contributed by atoms with Gasteiger partial charge in [-0.05, 0) is 39.8 Å². The quantitative estimate of drug-likeness (QED) is 0.847. The fraction of sp³-hybridized carbons (Fsp3) is 0.375. The number of aryl methyl sites for hydroxylation is 1. The summed E-state index contributed by atoms with van der Waals surface area (Å²) in [7, 11) is 0. The third-order valence-electron chi connectivity index (χ3n) is 2.72. The van der Waals surface area contributed by atoms with Crippen LogP contribution in [0.3, 0.4) is 0 Å². The molecule has 2 rings (SSSR count). The Morgan fingerprint density at radius 1 is 1.19 bits per heavy atom. The number of aromatic nitrogens is 2. The number of anilines is 3. The summed E-state index contributed by atoms with van der Waals surface area (Å²) in [5, 5.41) is 6.51. The van der Waals surface area contributed by atoms with E-state index in [0.29, 0.717) is 18.6 Å². The highest BCUT2D eigenvalue weighted by atomic mass is 16.5. The van der Waals surface area contributed by atoms with Gasteiger partial charge in [-0.25, -0.2) is 4.98 Å². The van der Waals surface area contributed by atoms with Crippen molar-refractivity contribution in [2.45, 2.75) is 33.7 Å². The summed E-state index contributed by atoms with van der Waals surface area (Å²) >= 11 is 0. The van der Waals surface area contributed by atoms with Crippen molar-refractivity contribution in [3.63, 3.8) is 0 Å². The lowest BCUT2D eigenvalue weighted by molar-refractivity contribution is 0.342. The first-order chi connectivity index (χ1) is 10.1. The second kappa shape index (κ2) is 6.92. The van der Waals surface area contributed by atoms with Crippen LogP contribution < -0.4 is 15.4 Å². The lowest BCUT2D eigenvalue weighted by atomic mass is 10.3. The summed E-state index contributed by atoms with van der Waals surface area (Å²) in [5.74, 6) is 2.17. The smallest absolute Gasteiger partial charge is 0.229 e. The van der Waals surface area contributed by atoms with Crippen LogP contribution in [0.2, 0.25) is 0 Å². The topological polar surface area (TPSA) is 59.1 Å². The highest BCUT2D eigenvalue weighted by Crippen LogP contribution is 2.26. The van der Waals surface area contributed by atoms with Crippen molar-refractivity contribution in [2.75, 3.05) is 17.2 Å². The van der Waals surface area contributed by atoms with Gasteiger partial charge in [0.2, 0.25) is 5.95 Å². The standard InChI is InChI=1S/C16H22N4O/c1-5-21-14-9-7-6-8-13(14)19-16-18-12(4)10-15(20-16)17-11(2)3/h6-11H,5H2,1-4H3,(H2,17,18,19,20). The van der Waals surface area contributed by atoms with Crippen molar-refractivity contribution in [1.29, 1.82) is 0 Å². The van der Waals surface area contributed by atoms with E-state index >= 15 is 0 Å². The Kier molecular flexibility index (Phi) is 4.98. The van der Waals surface area contributed by atoms with Crippen molar-refractivity contribution in [2.24, 2.45) is 0 Å². The third kappa shape index (κ3) is 4.34. The number of nitrogens with zero attached hydrogens (tertiary/aromatic N) is 2. The molecule has 0 spiro atoms. The van der Waals surface area contributed by atoms with Crippen molar-refractivity contribution in [3.05, 3.63) is 36.0 Å². The molecule has 0 atom stereocenters. The number of benzene rings is 1. The van der Waals surface area contributed by atoms with Crippen LogP contribution in [0.15, 0.2) is 30.3 Å². The van der Waals surface area contributed by atoms with E-state index in [0.717, 1.165) is 22.9 Å². The largest absolute Gasteiger partial charge is 0.492 e. The third-order valence-corrected chi connectivity index (χ3v) is 2.72. The Labute approximate surface area is 125 Å². The number of hydrogen-bond acceptors (Lipinski definition) is 5. The molecule has 21 heavy (non-hydrogen) atoms. The van der Waals surface area contributed by atoms with E-state index in [1.807, 2.05) is 44.2 Å². The van der Waals surface area contributed by atoms with Crippen LogP contribution in [0.4, 0.5) is 17.5 Å². The molecule has 0 saturated carbocycles. The van der Waals surface area contributed by atoms with Gasteiger partial charge < -0.3 is 15.4 Å². The van der Waals surface area contributed by atoms with Crippen molar-refractivity contribution >= 4 is 17.5 Å². The summed E-state index contributed by atoms with van der Waals surface area (Å²) in [5.41, 5.74) is 1.77. The minimum Gasteiger partial charge on any atom is -0.492 e. The molecule has 1 aromatic carbocycles. The van der Waals surface area contributed by atoms with Gasteiger partial charge in [0, 0.05) is 17.8 Å². The molecule has 1 aromatic heterocycles. The molecular weight excluding hydrogens is 264 g/mol. The van der Waals surface area contributed by atoms with Crippen LogP contribution in [-0.4, -0.2) is 22.6 Å². The Morgan fingerprint density at radius 2 is 1.95 bits per heavy atom. The van der Waals surface area contributed by atoms with E-state index in [4.69, 9.17) is 4.74 Å². The molecule has 0 bridgehead atoms. The monoisotopic (exact) mass is 286 g/mol. The van der Waals surface area contributed by atoms with Crippen LogP contribution in [0.25, 0.3) is 0 Å². The average Bonchev–Trinajstić information content (AvgIpc) is 2.40. The maximum absolute atomic E-state index is 5.60. The lowest BCUT2D eigenvalue weighted by Crippen LogP contribution is -2.12. The summed E-state index contributed by atoms with van der Waals surface area (Å²) < 4.78 is 5.60. The molecule has 0 saturated heterocycles. The summed E-state index contributed by atoms with van der Waals surface area (Å²) in [4.78, 5) is 8.90. The molecule has 0 unspecified atom stereocenters. The summed E-state index contributed by atoms with van der Waals surface area (Å²) in [6.45, 7) is 8.69.